The molecule has 0 aliphatic heterocycles. The lowest BCUT2D eigenvalue weighted by Crippen LogP contribution is -2.37. The number of imidazole rings is 1. The minimum Gasteiger partial charge on any atom is -0.412 e. The number of alkyl halides is 8. The van der Waals surface area contributed by atoms with Gasteiger partial charge in [-0.15, -0.1) is 0 Å². The molecule has 1 heterocycles. The van der Waals surface area contributed by atoms with Crippen molar-refractivity contribution in [2.24, 2.45) is 0 Å². The van der Waals surface area contributed by atoms with Gasteiger partial charge in [0.05, 0.1) is 10.5 Å². The standard InChI is InChI=1S/C12H7F8N3O3/c1-2-26-22-6-3-5(11(15,16)17)4-7(23(24)25)8(6)21-9(22)10(13,14)12(18,19)20/h3-4H,2H2,1H3. The lowest BCUT2D eigenvalue weighted by molar-refractivity contribution is -0.383. The highest BCUT2D eigenvalue weighted by Gasteiger charge is 2.62. The van der Waals surface area contributed by atoms with Gasteiger partial charge in [-0.1, -0.05) is 0 Å². The van der Waals surface area contributed by atoms with E-state index in [-0.39, 0.29) is 16.9 Å². The second kappa shape index (κ2) is 5.95. The summed E-state index contributed by atoms with van der Waals surface area (Å²) in [6.45, 7) is 0.625. The molecule has 0 spiro atoms. The Balaban J connectivity index is 2.95. The molecule has 144 valence electrons. The molecule has 2 aromatic rings. The van der Waals surface area contributed by atoms with Gasteiger partial charge in [0.25, 0.3) is 5.69 Å². The molecule has 1 aromatic heterocycles. The molecule has 0 bridgehead atoms. The number of nitro groups is 1. The Hall–Kier alpha value is -2.67. The third-order valence-electron chi connectivity index (χ3n) is 3.12. The maximum atomic E-state index is 13.7. The number of halogens is 8. The van der Waals surface area contributed by atoms with Crippen LogP contribution in [0.3, 0.4) is 0 Å². The summed E-state index contributed by atoms with van der Waals surface area (Å²) in [5, 5.41) is 11.0. The quantitative estimate of drug-likeness (QED) is 0.446. The van der Waals surface area contributed by atoms with Crippen LogP contribution in [0.2, 0.25) is 0 Å². The van der Waals surface area contributed by atoms with E-state index < -0.39 is 57.9 Å². The smallest absolute Gasteiger partial charge is 0.412 e. The highest BCUT2D eigenvalue weighted by molar-refractivity contribution is 5.86. The van der Waals surface area contributed by atoms with Crippen LogP contribution in [0.5, 0.6) is 0 Å². The number of hydrogen-bond donors (Lipinski definition) is 0. The highest BCUT2D eigenvalue weighted by Crippen LogP contribution is 2.45. The molecule has 2 rings (SSSR count). The molecule has 0 radical (unpaired) electrons. The third kappa shape index (κ3) is 3.10. The first-order chi connectivity index (χ1) is 11.7. The van der Waals surface area contributed by atoms with Gasteiger partial charge in [-0.05, 0) is 13.0 Å². The normalized spacial score (nSPS) is 13.3. The van der Waals surface area contributed by atoms with Crippen LogP contribution in [-0.4, -0.2) is 27.4 Å². The monoisotopic (exact) mass is 393 g/mol. The molecule has 6 nitrogen and oxygen atoms in total. The average Bonchev–Trinajstić information content (AvgIpc) is 2.84. The summed E-state index contributed by atoms with van der Waals surface area (Å²) in [6.07, 6.45) is -11.3. The Kier molecular flexibility index (Phi) is 4.50. The van der Waals surface area contributed by atoms with Crippen molar-refractivity contribution in [3.05, 3.63) is 33.6 Å². The molecule has 26 heavy (non-hydrogen) atoms. The van der Waals surface area contributed by atoms with Crippen molar-refractivity contribution in [1.82, 2.24) is 9.71 Å². The van der Waals surface area contributed by atoms with Gasteiger partial charge in [0.15, 0.2) is 5.52 Å². The summed E-state index contributed by atoms with van der Waals surface area (Å²) in [4.78, 5) is 17.0. The van der Waals surface area contributed by atoms with Crippen LogP contribution < -0.4 is 4.84 Å². The molecule has 0 aliphatic carbocycles. The van der Waals surface area contributed by atoms with E-state index >= 15 is 0 Å². The van der Waals surface area contributed by atoms with Crippen molar-refractivity contribution >= 4 is 16.7 Å². The number of fused-ring (bicyclic) bond motifs is 1. The summed E-state index contributed by atoms with van der Waals surface area (Å²) >= 11 is 0. The Morgan fingerprint density at radius 3 is 2.15 bits per heavy atom. The number of nitrogens with zero attached hydrogens (tertiary/aromatic N) is 3. The molecule has 0 saturated heterocycles. The lowest BCUT2D eigenvalue weighted by atomic mass is 10.1. The minimum atomic E-state index is -6.16. The summed E-state index contributed by atoms with van der Waals surface area (Å²) in [6, 6.07) is 0.127. The van der Waals surface area contributed by atoms with Crippen molar-refractivity contribution in [3.63, 3.8) is 0 Å². The summed E-state index contributed by atoms with van der Waals surface area (Å²) in [5.41, 5.74) is -5.19. The van der Waals surface area contributed by atoms with Crippen LogP contribution in [0.1, 0.15) is 18.3 Å². The fourth-order valence-corrected chi connectivity index (χ4v) is 2.03. The molecule has 0 N–H and O–H groups in total. The van der Waals surface area contributed by atoms with Gasteiger partial charge < -0.3 is 4.84 Å². The van der Waals surface area contributed by atoms with Gasteiger partial charge in [0.2, 0.25) is 5.82 Å². The zero-order valence-electron chi connectivity index (χ0n) is 12.5. The maximum Gasteiger partial charge on any atom is 0.461 e. The van der Waals surface area contributed by atoms with Crippen LogP contribution in [0, 0.1) is 10.1 Å². The van der Waals surface area contributed by atoms with Gasteiger partial charge in [0, 0.05) is 6.07 Å². The maximum absolute atomic E-state index is 13.7. The highest BCUT2D eigenvalue weighted by atomic mass is 19.4. The van der Waals surface area contributed by atoms with Crippen molar-refractivity contribution in [2.75, 3.05) is 6.61 Å². The molecule has 14 heteroatoms. The molecule has 0 atom stereocenters. The number of non-ortho nitro benzene ring substituents is 1. The zero-order valence-corrected chi connectivity index (χ0v) is 12.5. The number of nitro benzene ring substituents is 1. The largest absolute Gasteiger partial charge is 0.461 e. The van der Waals surface area contributed by atoms with E-state index in [2.05, 4.69) is 9.82 Å². The van der Waals surface area contributed by atoms with Gasteiger partial charge in [-0.25, -0.2) is 4.98 Å². The zero-order chi connectivity index (χ0) is 20.1. The van der Waals surface area contributed by atoms with Gasteiger partial charge in [-0.3, -0.25) is 10.1 Å². The Bertz CT molecular complexity index is 856. The first-order valence-corrected chi connectivity index (χ1v) is 6.58. The van der Waals surface area contributed by atoms with Crippen molar-refractivity contribution in [3.8, 4) is 0 Å². The average molecular weight is 393 g/mol. The van der Waals surface area contributed by atoms with E-state index in [4.69, 9.17) is 0 Å². The van der Waals surface area contributed by atoms with Crippen LogP contribution in [-0.2, 0) is 12.1 Å². The number of rotatable bonds is 4. The fourth-order valence-electron chi connectivity index (χ4n) is 2.03. The predicted octanol–water partition coefficient (Wildman–Crippen LogP) is 4.07. The molecule has 0 unspecified atom stereocenters. The SMILES string of the molecule is CCOn1c(C(F)(F)C(F)(F)F)nc2c([N+](=O)[O-])cc(C(F)(F)F)cc21. The van der Waals surface area contributed by atoms with Crippen molar-refractivity contribution in [2.45, 2.75) is 25.2 Å². The molecule has 0 aliphatic rings. The molecule has 0 fully saturated rings. The topological polar surface area (TPSA) is 70.2 Å². The summed E-state index contributed by atoms with van der Waals surface area (Å²) < 4.78 is 104. The van der Waals surface area contributed by atoms with Crippen LogP contribution in [0.4, 0.5) is 40.8 Å². The Morgan fingerprint density at radius 2 is 1.73 bits per heavy atom. The Morgan fingerprint density at radius 1 is 1.15 bits per heavy atom. The van der Waals surface area contributed by atoms with Gasteiger partial charge >= 0.3 is 18.3 Å². The number of benzene rings is 1. The first-order valence-electron chi connectivity index (χ1n) is 6.58. The molecule has 1 aromatic carbocycles. The third-order valence-corrected chi connectivity index (χ3v) is 3.12. The van der Waals surface area contributed by atoms with E-state index in [0.29, 0.717) is 0 Å². The van der Waals surface area contributed by atoms with Gasteiger partial charge in [-0.2, -0.15) is 39.9 Å². The lowest BCUT2D eigenvalue weighted by Gasteiger charge is -2.20. The van der Waals surface area contributed by atoms with E-state index in [1.807, 2.05) is 0 Å². The molecule has 0 amide bonds. The van der Waals surface area contributed by atoms with Crippen LogP contribution in [0.15, 0.2) is 12.1 Å². The second-order valence-electron chi connectivity index (χ2n) is 4.84. The number of hydrogen-bond acceptors (Lipinski definition) is 4. The summed E-state index contributed by atoms with van der Waals surface area (Å²) in [5.74, 6) is -7.75. The van der Waals surface area contributed by atoms with Crippen LogP contribution in [0.25, 0.3) is 11.0 Å². The van der Waals surface area contributed by atoms with E-state index in [1.54, 1.807) is 0 Å². The van der Waals surface area contributed by atoms with E-state index in [9.17, 15) is 45.2 Å². The fraction of sp³-hybridized carbons (Fsp3) is 0.417. The molecular formula is C12H7F8N3O3. The number of aromatic nitrogens is 2. The molecular weight excluding hydrogens is 386 g/mol. The molecule has 0 saturated carbocycles. The second-order valence-corrected chi connectivity index (χ2v) is 4.84. The predicted molar refractivity (Wildman–Crippen MR) is 68.5 cm³/mol. The van der Waals surface area contributed by atoms with E-state index in [0.717, 1.165) is 6.92 Å². The first kappa shape index (κ1) is 19.7. The van der Waals surface area contributed by atoms with E-state index in [1.165, 1.54) is 0 Å². The van der Waals surface area contributed by atoms with Crippen molar-refractivity contribution < 1.29 is 44.9 Å². The summed E-state index contributed by atoms with van der Waals surface area (Å²) in [7, 11) is 0. The Labute approximate surface area is 138 Å². The van der Waals surface area contributed by atoms with Crippen molar-refractivity contribution in [1.29, 1.82) is 0 Å². The minimum absolute atomic E-state index is 0.0128. The van der Waals surface area contributed by atoms with Gasteiger partial charge in [0.1, 0.15) is 12.1 Å². The van der Waals surface area contributed by atoms with Crippen LogP contribution >= 0.6 is 0 Å².